The molecule has 0 atom stereocenters. The van der Waals surface area contributed by atoms with Crippen molar-refractivity contribution in [3.63, 3.8) is 0 Å². The fourth-order valence-electron chi connectivity index (χ4n) is 9.89. The van der Waals surface area contributed by atoms with Crippen molar-refractivity contribution in [3.05, 3.63) is 193 Å². The minimum Gasteiger partial charge on any atom is -0.493 e. The third kappa shape index (κ3) is 5.48. The van der Waals surface area contributed by atoms with Crippen LogP contribution < -0.4 is 9.80 Å². The number of aromatic nitrogens is 4. The molecule has 0 radical (unpaired) electrons. The quantitative estimate of drug-likeness (QED) is 0.161. The maximum atomic E-state index is 5.31. The summed E-state index contributed by atoms with van der Waals surface area (Å²) < 4.78 is 7.00. The van der Waals surface area contributed by atoms with Gasteiger partial charge in [0.2, 0.25) is 0 Å². The number of aryl methyl sites for hydroxylation is 4. The number of para-hydroxylation sites is 7. The Morgan fingerprint density at radius 1 is 0.541 bits per heavy atom. The summed E-state index contributed by atoms with van der Waals surface area (Å²) in [6.07, 6.45) is 0. The van der Waals surface area contributed by atoms with Crippen LogP contribution in [0.4, 0.5) is 22.7 Å². The van der Waals surface area contributed by atoms with E-state index in [-0.39, 0.29) is 21.1 Å². The summed E-state index contributed by atoms with van der Waals surface area (Å²) >= 11 is 0. The van der Waals surface area contributed by atoms with Crippen molar-refractivity contribution in [1.29, 1.82) is 0 Å². The Kier molecular flexibility index (Phi) is 8.59. The number of hydrogen-bond donors (Lipinski definition) is 0. The molecular weight excluding hydrogens is 928 g/mol. The van der Waals surface area contributed by atoms with Crippen LogP contribution >= 0.6 is 0 Å². The second-order valence-corrected chi connectivity index (χ2v) is 16.0. The van der Waals surface area contributed by atoms with Gasteiger partial charge in [-0.15, -0.1) is 36.6 Å². The number of nitrogens with zero attached hydrogens (tertiary/aromatic N) is 6. The molecule has 0 amide bonds. The maximum absolute atomic E-state index is 5.31. The molecule has 7 heteroatoms. The van der Waals surface area contributed by atoms with Crippen LogP contribution in [0, 0.1) is 39.6 Å². The summed E-state index contributed by atoms with van der Waals surface area (Å²) in [5.74, 6) is 0.874. The zero-order valence-corrected chi connectivity index (χ0v) is 36.4. The smallest absolute Gasteiger partial charge is 0.0770 e. The Bertz CT molecular complexity index is 3510. The molecule has 0 spiro atoms. The average molecular weight is 967 g/mol. The van der Waals surface area contributed by atoms with Gasteiger partial charge in [0.25, 0.3) is 0 Å². The molecule has 0 N–H and O–H groups in total. The van der Waals surface area contributed by atoms with E-state index in [1.165, 1.54) is 22.4 Å². The molecule has 0 fully saturated rings. The Morgan fingerprint density at radius 2 is 1.13 bits per heavy atom. The largest absolute Gasteiger partial charge is 0.493 e. The predicted octanol–water partition coefficient (Wildman–Crippen LogP) is 13.4. The SMILES string of the molecule is Cc1cc(C)c(N2[CH-]N(c3[c-]c(-n4c5[c-]c(-c6nc7ccccc7n6C)c6c7ccccc7n(-c7ccccc7)c6c5c5ccccc54)ccc3)c3ccccc32)c(C)c1.[Pt]. The molecule has 298 valence electrons. The molecule has 3 aromatic heterocycles. The van der Waals surface area contributed by atoms with Crippen LogP contribution in [0.5, 0.6) is 0 Å². The Morgan fingerprint density at radius 3 is 1.85 bits per heavy atom. The van der Waals surface area contributed by atoms with Crippen molar-refractivity contribution >= 4 is 77.4 Å². The van der Waals surface area contributed by atoms with Gasteiger partial charge in [-0.25, -0.2) is 0 Å². The van der Waals surface area contributed by atoms with Gasteiger partial charge in [0.1, 0.15) is 0 Å². The molecule has 4 heterocycles. The van der Waals surface area contributed by atoms with E-state index in [4.69, 9.17) is 4.98 Å². The van der Waals surface area contributed by atoms with Gasteiger partial charge in [0, 0.05) is 61.9 Å². The van der Waals surface area contributed by atoms with E-state index in [9.17, 15) is 0 Å². The van der Waals surface area contributed by atoms with Crippen molar-refractivity contribution < 1.29 is 21.1 Å². The van der Waals surface area contributed by atoms with Crippen LogP contribution in [0.15, 0.2) is 158 Å². The van der Waals surface area contributed by atoms with Gasteiger partial charge in [0.05, 0.1) is 16.9 Å². The van der Waals surface area contributed by atoms with E-state index >= 15 is 0 Å². The van der Waals surface area contributed by atoms with E-state index in [2.05, 4.69) is 228 Å². The van der Waals surface area contributed by atoms with Gasteiger partial charge >= 0.3 is 0 Å². The third-order valence-electron chi connectivity index (χ3n) is 12.3. The first-order valence-corrected chi connectivity index (χ1v) is 20.5. The second-order valence-electron chi connectivity index (χ2n) is 16.0. The number of anilines is 4. The van der Waals surface area contributed by atoms with Crippen LogP contribution in [-0.4, -0.2) is 18.7 Å². The topological polar surface area (TPSA) is 34.2 Å². The van der Waals surface area contributed by atoms with Gasteiger partial charge in [-0.05, 0) is 108 Å². The summed E-state index contributed by atoms with van der Waals surface area (Å²) in [6.45, 7) is 8.79. The van der Waals surface area contributed by atoms with Crippen LogP contribution in [0.2, 0.25) is 0 Å². The molecule has 0 saturated carbocycles. The number of fused-ring (bicyclic) bond motifs is 9. The van der Waals surface area contributed by atoms with Crippen LogP contribution in [-0.2, 0) is 28.1 Å². The fraction of sp³-hybridized carbons (Fsp3) is 0.0741. The van der Waals surface area contributed by atoms with Crippen molar-refractivity contribution in [2.75, 3.05) is 9.80 Å². The van der Waals surface area contributed by atoms with Gasteiger partial charge in [-0.2, -0.15) is 6.07 Å². The molecule has 6 nitrogen and oxygen atoms in total. The molecule has 1 aliphatic heterocycles. The molecule has 12 rings (SSSR count). The molecule has 0 unspecified atom stereocenters. The summed E-state index contributed by atoms with van der Waals surface area (Å²) in [6, 6.07) is 64.2. The van der Waals surface area contributed by atoms with E-state index in [1.807, 2.05) is 0 Å². The number of imidazole rings is 1. The molecular formula is C54H39N6Pt-3. The number of benzene rings is 8. The van der Waals surface area contributed by atoms with Crippen LogP contribution in [0.1, 0.15) is 16.7 Å². The van der Waals surface area contributed by atoms with E-state index < -0.39 is 0 Å². The van der Waals surface area contributed by atoms with Crippen LogP contribution in [0.25, 0.3) is 77.4 Å². The normalized spacial score (nSPS) is 12.7. The van der Waals surface area contributed by atoms with E-state index in [0.29, 0.717) is 0 Å². The minimum absolute atomic E-state index is 0. The molecule has 8 aromatic carbocycles. The molecule has 0 aliphatic carbocycles. The zero-order valence-electron chi connectivity index (χ0n) is 34.1. The molecule has 1 aliphatic rings. The third-order valence-corrected chi connectivity index (χ3v) is 12.3. The Balaban J connectivity index is 0.00000420. The summed E-state index contributed by atoms with van der Waals surface area (Å²) in [5.41, 5.74) is 17.5. The van der Waals surface area contributed by atoms with Crippen molar-refractivity contribution in [2.24, 2.45) is 7.05 Å². The van der Waals surface area contributed by atoms with Crippen LogP contribution in [0.3, 0.4) is 0 Å². The van der Waals surface area contributed by atoms with Crippen molar-refractivity contribution in [1.82, 2.24) is 18.7 Å². The first-order chi connectivity index (χ1) is 29.4. The predicted molar refractivity (Wildman–Crippen MR) is 248 cm³/mol. The molecule has 0 saturated heterocycles. The zero-order chi connectivity index (χ0) is 40.2. The van der Waals surface area contributed by atoms with Crippen molar-refractivity contribution in [2.45, 2.75) is 20.8 Å². The first kappa shape index (κ1) is 37.1. The van der Waals surface area contributed by atoms with E-state index in [1.54, 1.807) is 0 Å². The minimum atomic E-state index is 0. The average Bonchev–Trinajstić information content (AvgIpc) is 4.02. The molecule has 0 bridgehead atoms. The van der Waals surface area contributed by atoms with Gasteiger partial charge in [-0.1, -0.05) is 113 Å². The summed E-state index contributed by atoms with van der Waals surface area (Å²) in [7, 11) is 2.12. The van der Waals surface area contributed by atoms with Crippen molar-refractivity contribution in [3.8, 4) is 22.8 Å². The molecule has 61 heavy (non-hydrogen) atoms. The summed E-state index contributed by atoms with van der Waals surface area (Å²) in [5, 5.41) is 4.58. The second kappa shape index (κ2) is 14.1. The number of rotatable bonds is 5. The van der Waals surface area contributed by atoms with Gasteiger partial charge < -0.3 is 23.5 Å². The standard InChI is InChI=1S/C54H39N6.Pt/c1-34-29-35(2)52(36(3)30-34)58-33-57(47-27-14-15-28-48(47)58)38-19-16-20-39(31-38)59-44-24-11-9-22-41(44)51-49(59)32-42(54-55-43-23-10-13-26-46(43)56(54)4)50-40-21-8-12-25-45(40)60(53(50)51)37-17-6-5-7-18-37;/h5-30,33H,1-4H3;/q-3;. The monoisotopic (exact) mass is 966 g/mol. The Hall–Kier alpha value is -6.88. The van der Waals surface area contributed by atoms with E-state index in [0.717, 1.165) is 94.5 Å². The maximum Gasteiger partial charge on any atom is 0.0770 e. The fourth-order valence-corrected chi connectivity index (χ4v) is 9.89. The number of hydrogen-bond acceptors (Lipinski definition) is 3. The van der Waals surface area contributed by atoms with Gasteiger partial charge in [-0.3, -0.25) is 4.98 Å². The van der Waals surface area contributed by atoms with Gasteiger partial charge in [0.15, 0.2) is 0 Å². The Labute approximate surface area is 368 Å². The first-order valence-electron chi connectivity index (χ1n) is 20.5. The molecule has 11 aromatic rings. The summed E-state index contributed by atoms with van der Waals surface area (Å²) in [4.78, 5) is 9.91.